The molecule has 126 valence electrons. The summed E-state index contributed by atoms with van der Waals surface area (Å²) in [5.41, 5.74) is 16.4. The molecule has 3 rings (SSSR count). The number of aliphatic imine (C=N–C) groups is 1. The molecule has 0 fully saturated rings. The van der Waals surface area contributed by atoms with Crippen LogP contribution in [0.3, 0.4) is 0 Å². The van der Waals surface area contributed by atoms with E-state index in [0.717, 1.165) is 0 Å². The van der Waals surface area contributed by atoms with Crippen LogP contribution in [0.25, 0.3) is 0 Å². The van der Waals surface area contributed by atoms with Gasteiger partial charge in [0.2, 0.25) is 0 Å². The van der Waals surface area contributed by atoms with Crippen LogP contribution in [-0.4, -0.2) is 5.96 Å². The number of hydrogen-bond acceptors (Lipinski definition) is 3. The molecule has 3 N–H and O–H groups in total. The van der Waals surface area contributed by atoms with Crippen molar-refractivity contribution in [1.29, 1.82) is 0 Å². The predicted molar refractivity (Wildman–Crippen MR) is 102 cm³/mol. The van der Waals surface area contributed by atoms with Crippen molar-refractivity contribution in [2.24, 2.45) is 10.7 Å². The van der Waals surface area contributed by atoms with Crippen LogP contribution >= 0.6 is 0 Å². The second kappa shape index (κ2) is 5.97. The monoisotopic (exact) mass is 321 g/mol. The Hall–Kier alpha value is -2.29. The van der Waals surface area contributed by atoms with Crippen molar-refractivity contribution in [2.45, 2.75) is 53.6 Å². The summed E-state index contributed by atoms with van der Waals surface area (Å²) < 4.78 is 0. The van der Waals surface area contributed by atoms with Gasteiger partial charge in [0.25, 0.3) is 0 Å². The molecule has 0 aliphatic carbocycles. The average molecular weight is 321 g/mol. The van der Waals surface area contributed by atoms with Crippen molar-refractivity contribution in [3.63, 3.8) is 0 Å². The first-order valence-corrected chi connectivity index (χ1v) is 8.53. The zero-order valence-electron chi connectivity index (χ0n) is 15.5. The molecule has 24 heavy (non-hydrogen) atoms. The molecule has 2 aromatic rings. The van der Waals surface area contributed by atoms with Gasteiger partial charge >= 0.3 is 0 Å². The van der Waals surface area contributed by atoms with E-state index in [1.165, 1.54) is 44.5 Å². The third kappa shape index (κ3) is 2.79. The predicted octanol–water partition coefficient (Wildman–Crippen LogP) is 4.24. The summed E-state index contributed by atoms with van der Waals surface area (Å²) in [5.74, 6) is 0.531. The van der Waals surface area contributed by atoms with Gasteiger partial charge in [0.15, 0.2) is 5.96 Å². The van der Waals surface area contributed by atoms with Crippen molar-refractivity contribution in [2.75, 3.05) is 0 Å². The van der Waals surface area contributed by atoms with Crippen LogP contribution in [0.1, 0.15) is 56.6 Å². The molecule has 1 heterocycles. The van der Waals surface area contributed by atoms with Gasteiger partial charge in [-0.15, -0.1) is 0 Å². The minimum Gasteiger partial charge on any atom is -0.370 e. The Morgan fingerprint density at radius 2 is 1.17 bits per heavy atom. The van der Waals surface area contributed by atoms with Gasteiger partial charge in [0.1, 0.15) is 6.04 Å². The number of guanidine groups is 1. The molecule has 0 radical (unpaired) electrons. The van der Waals surface area contributed by atoms with Gasteiger partial charge in [-0.3, -0.25) is 0 Å². The maximum Gasteiger partial charge on any atom is 0.189 e. The van der Waals surface area contributed by atoms with Crippen molar-refractivity contribution in [1.82, 2.24) is 5.32 Å². The summed E-state index contributed by atoms with van der Waals surface area (Å²) in [6.07, 6.45) is 0. The standard InChI is InChI=1S/C21H27N3/c1-11-7-13(3)17(14(4)8-11)19-20(24-21(22)23-19)18-15(5)9-12(2)10-16(18)6/h7-10,19-20H,1-6H3,(H3,22,23,24)/t19-,20-/m0/s1. The van der Waals surface area contributed by atoms with Crippen molar-refractivity contribution in [3.05, 3.63) is 68.8 Å². The molecular weight excluding hydrogens is 294 g/mol. The minimum absolute atomic E-state index is 0.0192. The second-order valence-corrected chi connectivity index (χ2v) is 7.21. The Labute approximate surface area is 145 Å². The quantitative estimate of drug-likeness (QED) is 0.869. The van der Waals surface area contributed by atoms with E-state index in [4.69, 9.17) is 10.7 Å². The van der Waals surface area contributed by atoms with E-state index in [9.17, 15) is 0 Å². The minimum atomic E-state index is 0.0192. The lowest BCUT2D eigenvalue weighted by atomic mass is 9.84. The van der Waals surface area contributed by atoms with Crippen LogP contribution in [0.4, 0.5) is 0 Å². The van der Waals surface area contributed by atoms with E-state index < -0.39 is 0 Å². The van der Waals surface area contributed by atoms with Gasteiger partial charge < -0.3 is 11.1 Å². The van der Waals surface area contributed by atoms with E-state index in [1.807, 2.05) is 0 Å². The summed E-state index contributed by atoms with van der Waals surface area (Å²) in [6.45, 7) is 13.0. The smallest absolute Gasteiger partial charge is 0.189 e. The molecule has 3 nitrogen and oxygen atoms in total. The third-order valence-corrected chi connectivity index (χ3v) is 4.98. The summed E-state index contributed by atoms with van der Waals surface area (Å²) in [5, 5.41) is 3.42. The van der Waals surface area contributed by atoms with E-state index in [2.05, 4.69) is 71.1 Å². The molecule has 0 unspecified atom stereocenters. The van der Waals surface area contributed by atoms with Crippen LogP contribution in [0, 0.1) is 41.5 Å². The fraction of sp³-hybridized carbons (Fsp3) is 0.381. The highest BCUT2D eigenvalue weighted by Gasteiger charge is 2.34. The number of hydrogen-bond donors (Lipinski definition) is 2. The van der Waals surface area contributed by atoms with Crippen molar-refractivity contribution in [3.8, 4) is 0 Å². The molecule has 0 aromatic heterocycles. The summed E-state index contributed by atoms with van der Waals surface area (Å²) in [7, 11) is 0. The number of nitrogens with two attached hydrogens (primary N) is 1. The number of aryl methyl sites for hydroxylation is 6. The fourth-order valence-electron chi connectivity index (χ4n) is 4.30. The molecule has 0 saturated heterocycles. The Balaban J connectivity index is 2.15. The Kier molecular flexibility index (Phi) is 4.12. The number of rotatable bonds is 2. The molecule has 3 heteroatoms. The summed E-state index contributed by atoms with van der Waals surface area (Å²) in [6, 6.07) is 9.06. The third-order valence-electron chi connectivity index (χ3n) is 4.98. The highest BCUT2D eigenvalue weighted by Crippen LogP contribution is 2.41. The van der Waals surface area contributed by atoms with Crippen molar-refractivity contribution < 1.29 is 0 Å². The highest BCUT2D eigenvalue weighted by atomic mass is 15.2. The second-order valence-electron chi connectivity index (χ2n) is 7.21. The van der Waals surface area contributed by atoms with Gasteiger partial charge in [0.05, 0.1) is 6.04 Å². The zero-order chi connectivity index (χ0) is 17.6. The fourth-order valence-corrected chi connectivity index (χ4v) is 4.30. The lowest BCUT2D eigenvalue weighted by Crippen LogP contribution is -2.31. The Morgan fingerprint density at radius 3 is 1.62 bits per heavy atom. The van der Waals surface area contributed by atoms with Crippen LogP contribution in [-0.2, 0) is 0 Å². The first kappa shape index (κ1) is 16.6. The number of nitrogens with one attached hydrogen (secondary N) is 1. The molecule has 0 spiro atoms. The van der Waals surface area contributed by atoms with Gasteiger partial charge in [-0.2, -0.15) is 0 Å². The van der Waals surface area contributed by atoms with E-state index in [0.29, 0.717) is 5.96 Å². The van der Waals surface area contributed by atoms with E-state index in [-0.39, 0.29) is 12.1 Å². The van der Waals surface area contributed by atoms with Gasteiger partial charge in [-0.05, 0) is 74.9 Å². The van der Waals surface area contributed by atoms with E-state index >= 15 is 0 Å². The Bertz CT molecular complexity index is 787. The van der Waals surface area contributed by atoms with Gasteiger partial charge in [0, 0.05) is 0 Å². The number of benzene rings is 2. The highest BCUT2D eigenvalue weighted by molar-refractivity contribution is 5.81. The average Bonchev–Trinajstić information content (AvgIpc) is 2.77. The van der Waals surface area contributed by atoms with Crippen LogP contribution < -0.4 is 11.1 Å². The lowest BCUT2D eigenvalue weighted by Gasteiger charge is -2.26. The topological polar surface area (TPSA) is 50.4 Å². The van der Waals surface area contributed by atoms with Crippen LogP contribution in [0.2, 0.25) is 0 Å². The van der Waals surface area contributed by atoms with Gasteiger partial charge in [-0.1, -0.05) is 35.4 Å². The number of nitrogens with zero attached hydrogens (tertiary/aromatic N) is 1. The SMILES string of the molecule is Cc1cc(C)c([C@@H]2N=C(N)N[C@H]2c2c(C)cc(C)cc2C)c(C)c1. The normalized spacial score (nSPS) is 20.0. The largest absolute Gasteiger partial charge is 0.370 e. The molecule has 0 bridgehead atoms. The molecule has 2 atom stereocenters. The zero-order valence-corrected chi connectivity index (χ0v) is 15.5. The van der Waals surface area contributed by atoms with Crippen LogP contribution in [0.15, 0.2) is 29.3 Å². The van der Waals surface area contributed by atoms with Crippen molar-refractivity contribution >= 4 is 5.96 Å². The Morgan fingerprint density at radius 1 is 0.750 bits per heavy atom. The first-order valence-electron chi connectivity index (χ1n) is 8.53. The summed E-state index contributed by atoms with van der Waals surface area (Å²) >= 11 is 0. The van der Waals surface area contributed by atoms with Gasteiger partial charge in [-0.25, -0.2) is 4.99 Å². The van der Waals surface area contributed by atoms with Crippen LogP contribution in [0.5, 0.6) is 0 Å². The first-order chi connectivity index (χ1) is 11.3. The molecule has 0 amide bonds. The molecule has 2 aromatic carbocycles. The lowest BCUT2D eigenvalue weighted by molar-refractivity contribution is 0.561. The molecule has 1 aliphatic rings. The molecular formula is C21H27N3. The summed E-state index contributed by atoms with van der Waals surface area (Å²) in [4.78, 5) is 4.76. The molecule has 1 aliphatic heterocycles. The maximum absolute atomic E-state index is 6.09. The maximum atomic E-state index is 6.09. The molecule has 0 saturated carbocycles. The van der Waals surface area contributed by atoms with E-state index in [1.54, 1.807) is 0 Å².